The minimum atomic E-state index is 0. The van der Waals surface area contributed by atoms with Crippen LogP contribution in [0.4, 0.5) is 0 Å². The zero-order valence-corrected chi connectivity index (χ0v) is 4.70. The maximum absolute atomic E-state index is 3.81. The van der Waals surface area contributed by atoms with Gasteiger partial charge in [-0.25, -0.2) is 0 Å². The van der Waals surface area contributed by atoms with E-state index >= 15 is 0 Å². The first-order valence-electron chi connectivity index (χ1n) is 2.72. The molecule has 0 saturated heterocycles. The molecule has 0 amide bonds. The molecule has 2 aromatic rings. The number of hydrogen-bond acceptors (Lipinski definition) is 2. The van der Waals surface area contributed by atoms with Crippen LogP contribution in [0.3, 0.4) is 0 Å². The smallest absolute Gasteiger partial charge is 0.112 e. The molecule has 4 heteroatoms. The Kier molecular flexibility index (Phi) is 2.65. The van der Waals surface area contributed by atoms with Gasteiger partial charge in [0.1, 0.15) is 5.52 Å². The van der Waals surface area contributed by atoms with E-state index in [-0.39, 0.29) is 37.7 Å². The summed E-state index contributed by atoms with van der Waals surface area (Å²) in [6.07, 6.45) is 0. The molecule has 2 rings (SSSR count). The van der Waals surface area contributed by atoms with Crippen LogP contribution in [0.5, 0.6) is 0 Å². The molecule has 1 N–H and O–H groups in total. The van der Waals surface area contributed by atoms with Crippen molar-refractivity contribution in [3.63, 3.8) is 0 Å². The molecular weight excluding hydrogens is 154 g/mol. The molecule has 0 unspecified atom stereocenters. The fraction of sp³-hybridized carbons (Fsp3) is 0. The van der Waals surface area contributed by atoms with Crippen LogP contribution in [0.1, 0.15) is 0 Å². The van der Waals surface area contributed by atoms with Crippen LogP contribution in [0.15, 0.2) is 24.3 Å². The monoisotopic (exact) mass is 161 g/mol. The van der Waals surface area contributed by atoms with Gasteiger partial charge in [0.15, 0.2) is 0 Å². The Bertz CT molecular complexity index is 287. The third-order valence-electron chi connectivity index (χ3n) is 1.23. The average molecular weight is 161 g/mol. The van der Waals surface area contributed by atoms with E-state index in [0.29, 0.717) is 0 Å². The average Bonchev–Trinajstić information content (AvgIpc) is 2.33. The number of rotatable bonds is 0. The van der Waals surface area contributed by atoms with Crippen molar-refractivity contribution in [2.45, 2.75) is 0 Å². The van der Waals surface area contributed by atoms with E-state index in [4.69, 9.17) is 0 Å². The molecule has 0 saturated carbocycles. The molecule has 0 aliphatic carbocycles. The fourth-order valence-electron chi connectivity index (χ4n) is 0.788. The number of aromatic nitrogens is 3. The third-order valence-corrected chi connectivity index (χ3v) is 1.23. The SMILES string of the molecule is [CaH2].c1ccc2[nH]nnc2c1. The van der Waals surface area contributed by atoms with Crippen molar-refractivity contribution in [2.24, 2.45) is 0 Å². The van der Waals surface area contributed by atoms with Gasteiger partial charge in [-0.2, -0.15) is 0 Å². The molecule has 48 valence electrons. The Hall–Kier alpha value is -0.120. The van der Waals surface area contributed by atoms with Crippen LogP contribution in [-0.2, 0) is 0 Å². The maximum Gasteiger partial charge on any atom is 0.112 e. The Morgan fingerprint density at radius 3 is 2.80 bits per heavy atom. The molecule has 0 aliphatic rings. The topological polar surface area (TPSA) is 41.6 Å². The predicted octanol–water partition coefficient (Wildman–Crippen LogP) is 0.0417. The number of H-pyrrole nitrogens is 1. The summed E-state index contributed by atoms with van der Waals surface area (Å²) >= 11 is 0. The van der Waals surface area contributed by atoms with Gasteiger partial charge in [-0.3, -0.25) is 5.10 Å². The maximum atomic E-state index is 3.81. The molecule has 0 atom stereocenters. The van der Waals surface area contributed by atoms with Crippen LogP contribution in [-0.4, -0.2) is 53.1 Å². The standard InChI is InChI=1S/C6H5N3.Ca.2H/c1-2-4-6-5(3-1)7-9-8-6;;;/h1-4H,(H,7,8,9);;;. The van der Waals surface area contributed by atoms with E-state index in [2.05, 4.69) is 15.4 Å². The van der Waals surface area contributed by atoms with Crippen molar-refractivity contribution >= 4 is 48.8 Å². The van der Waals surface area contributed by atoms with Gasteiger partial charge in [-0.15, -0.1) is 5.10 Å². The minimum Gasteiger partial charge on any atom is -0.258 e. The molecule has 0 spiro atoms. The summed E-state index contributed by atoms with van der Waals surface area (Å²) < 4.78 is 0. The van der Waals surface area contributed by atoms with E-state index in [9.17, 15) is 0 Å². The number of nitrogens with zero attached hydrogens (tertiary/aromatic N) is 2. The quantitative estimate of drug-likeness (QED) is 0.554. The number of nitrogens with one attached hydrogen (secondary N) is 1. The van der Waals surface area contributed by atoms with Crippen molar-refractivity contribution in [2.75, 3.05) is 0 Å². The number of benzene rings is 1. The normalized spacial score (nSPS) is 9.20. The van der Waals surface area contributed by atoms with E-state index in [1.54, 1.807) is 0 Å². The Balaban J connectivity index is 0.000000500. The summed E-state index contributed by atoms with van der Waals surface area (Å²) in [5.74, 6) is 0. The third kappa shape index (κ3) is 1.31. The van der Waals surface area contributed by atoms with Gasteiger partial charge in [0.2, 0.25) is 0 Å². The van der Waals surface area contributed by atoms with Crippen molar-refractivity contribution < 1.29 is 0 Å². The van der Waals surface area contributed by atoms with Gasteiger partial charge in [-0.1, -0.05) is 17.3 Å². The van der Waals surface area contributed by atoms with E-state index in [0.717, 1.165) is 11.0 Å². The number of para-hydroxylation sites is 1. The van der Waals surface area contributed by atoms with Gasteiger partial charge < -0.3 is 0 Å². The second-order valence-electron chi connectivity index (χ2n) is 1.83. The van der Waals surface area contributed by atoms with Gasteiger partial charge in [0.05, 0.1) is 5.52 Å². The summed E-state index contributed by atoms with van der Waals surface area (Å²) in [6, 6.07) is 7.74. The Labute approximate surface area is 87.8 Å². The van der Waals surface area contributed by atoms with Crippen molar-refractivity contribution in [1.29, 1.82) is 0 Å². The minimum absolute atomic E-state index is 0. The molecular formula is C6H7CaN3. The fourth-order valence-corrected chi connectivity index (χ4v) is 0.788. The van der Waals surface area contributed by atoms with Gasteiger partial charge in [-0.05, 0) is 12.1 Å². The number of aromatic amines is 1. The van der Waals surface area contributed by atoms with Crippen LogP contribution in [0.25, 0.3) is 11.0 Å². The first-order chi connectivity index (χ1) is 4.47. The van der Waals surface area contributed by atoms with Crippen molar-refractivity contribution in [3.05, 3.63) is 24.3 Å². The predicted molar refractivity (Wildman–Crippen MR) is 42.4 cm³/mol. The van der Waals surface area contributed by atoms with Crippen LogP contribution >= 0.6 is 0 Å². The first kappa shape index (κ1) is 7.98. The first-order valence-corrected chi connectivity index (χ1v) is 2.72. The van der Waals surface area contributed by atoms with Gasteiger partial charge in [0.25, 0.3) is 0 Å². The molecule has 1 aromatic heterocycles. The summed E-state index contributed by atoms with van der Waals surface area (Å²) in [5.41, 5.74) is 1.90. The molecule has 0 radical (unpaired) electrons. The van der Waals surface area contributed by atoms with E-state index < -0.39 is 0 Å². The van der Waals surface area contributed by atoms with E-state index in [1.807, 2.05) is 24.3 Å². The second-order valence-corrected chi connectivity index (χ2v) is 1.83. The molecule has 0 fully saturated rings. The largest absolute Gasteiger partial charge is 0.258 e. The number of hydrogen-bond donors (Lipinski definition) is 1. The van der Waals surface area contributed by atoms with Crippen LogP contribution in [0, 0.1) is 0 Å². The zero-order valence-electron chi connectivity index (χ0n) is 4.70. The molecule has 0 bridgehead atoms. The molecule has 3 nitrogen and oxygen atoms in total. The number of fused-ring (bicyclic) bond motifs is 1. The summed E-state index contributed by atoms with van der Waals surface area (Å²) in [5, 5.41) is 10.2. The molecule has 10 heavy (non-hydrogen) atoms. The van der Waals surface area contributed by atoms with Gasteiger partial charge in [0, 0.05) is 0 Å². The van der Waals surface area contributed by atoms with Crippen molar-refractivity contribution in [3.8, 4) is 0 Å². The Morgan fingerprint density at radius 2 is 2.00 bits per heavy atom. The molecule has 1 aromatic carbocycles. The molecule has 1 heterocycles. The van der Waals surface area contributed by atoms with E-state index in [1.165, 1.54) is 0 Å². The van der Waals surface area contributed by atoms with Crippen LogP contribution < -0.4 is 0 Å². The summed E-state index contributed by atoms with van der Waals surface area (Å²) in [6.45, 7) is 0. The van der Waals surface area contributed by atoms with Crippen molar-refractivity contribution in [1.82, 2.24) is 15.4 Å². The van der Waals surface area contributed by atoms with Gasteiger partial charge >= 0.3 is 37.7 Å². The Morgan fingerprint density at radius 1 is 1.20 bits per heavy atom. The van der Waals surface area contributed by atoms with Crippen LogP contribution in [0.2, 0.25) is 0 Å². The summed E-state index contributed by atoms with van der Waals surface area (Å²) in [4.78, 5) is 0. The molecule has 0 aliphatic heterocycles. The second kappa shape index (κ2) is 3.32. The summed E-state index contributed by atoms with van der Waals surface area (Å²) in [7, 11) is 0. The zero-order chi connectivity index (χ0) is 6.10.